The van der Waals surface area contributed by atoms with Crippen molar-refractivity contribution in [2.75, 3.05) is 6.54 Å². The predicted molar refractivity (Wildman–Crippen MR) is 79.5 cm³/mol. The highest BCUT2D eigenvalue weighted by Crippen LogP contribution is 2.28. The molecule has 0 fully saturated rings. The van der Waals surface area contributed by atoms with Crippen LogP contribution in [0.5, 0.6) is 0 Å². The molecular formula is C16H20N2O2. The number of amides is 2. The molecule has 2 rings (SSSR count). The minimum Gasteiger partial charge on any atom is -0.449 e. The molecule has 0 aromatic heterocycles. The summed E-state index contributed by atoms with van der Waals surface area (Å²) in [5.41, 5.74) is 1.61. The Balaban J connectivity index is 2.31. The van der Waals surface area contributed by atoms with Gasteiger partial charge in [-0.1, -0.05) is 50.3 Å². The Morgan fingerprint density at radius 3 is 2.70 bits per heavy atom. The van der Waals surface area contributed by atoms with Gasteiger partial charge in [0.05, 0.1) is 0 Å². The molecular weight excluding hydrogens is 252 g/mol. The third-order valence-electron chi connectivity index (χ3n) is 3.15. The van der Waals surface area contributed by atoms with Crippen LogP contribution < -0.4 is 0 Å². The molecule has 1 heterocycles. The van der Waals surface area contributed by atoms with Gasteiger partial charge in [-0.05, 0) is 13.3 Å². The predicted octanol–water partition coefficient (Wildman–Crippen LogP) is 3.91. The van der Waals surface area contributed by atoms with Gasteiger partial charge in [0.15, 0.2) is 0 Å². The highest BCUT2D eigenvalue weighted by Gasteiger charge is 2.32. The Labute approximate surface area is 119 Å². The molecule has 20 heavy (non-hydrogen) atoms. The minimum atomic E-state index is -0.417. The van der Waals surface area contributed by atoms with Gasteiger partial charge in [0.1, 0.15) is 0 Å². The van der Waals surface area contributed by atoms with Gasteiger partial charge in [-0.3, -0.25) is 4.90 Å². The van der Waals surface area contributed by atoms with Crippen LogP contribution in [0.25, 0.3) is 0 Å². The zero-order valence-electron chi connectivity index (χ0n) is 12.0. The molecule has 0 N–H and O–H groups in total. The molecule has 1 atom stereocenters. The van der Waals surface area contributed by atoms with Crippen molar-refractivity contribution in [2.45, 2.75) is 32.9 Å². The maximum atomic E-state index is 12.2. The lowest BCUT2D eigenvalue weighted by Gasteiger charge is -2.34. The Morgan fingerprint density at radius 2 is 2.10 bits per heavy atom. The molecule has 1 aromatic rings. The van der Waals surface area contributed by atoms with E-state index in [0.29, 0.717) is 18.0 Å². The van der Waals surface area contributed by atoms with Gasteiger partial charge in [-0.2, -0.15) is 4.99 Å². The standard InChI is InChI=1S/C16H20N2O2/c1-4-5-11-18-15(13-9-7-6-8-10-13)20-14(12(2)3)17-16(18)19/h6-10,15H,2,4-5,11H2,1,3H3. The van der Waals surface area contributed by atoms with Crippen LogP contribution in [0, 0.1) is 0 Å². The van der Waals surface area contributed by atoms with Crippen LogP contribution in [-0.2, 0) is 4.74 Å². The topological polar surface area (TPSA) is 41.9 Å². The minimum absolute atomic E-state index is 0.253. The summed E-state index contributed by atoms with van der Waals surface area (Å²) in [6.07, 6.45) is 1.53. The number of carbonyl (C=O) groups is 1. The van der Waals surface area contributed by atoms with E-state index in [-0.39, 0.29) is 6.03 Å². The summed E-state index contributed by atoms with van der Waals surface area (Å²) < 4.78 is 5.87. The molecule has 1 unspecified atom stereocenters. The summed E-state index contributed by atoms with van der Waals surface area (Å²) in [6.45, 7) is 8.32. The first-order chi connectivity index (χ1) is 9.63. The first-order valence-electron chi connectivity index (χ1n) is 6.90. The third-order valence-corrected chi connectivity index (χ3v) is 3.15. The molecule has 0 saturated heterocycles. The second-order valence-electron chi connectivity index (χ2n) is 4.91. The lowest BCUT2D eigenvalue weighted by Crippen LogP contribution is -2.40. The van der Waals surface area contributed by atoms with Crippen molar-refractivity contribution >= 4 is 11.9 Å². The van der Waals surface area contributed by atoms with Crippen molar-refractivity contribution in [1.29, 1.82) is 0 Å². The van der Waals surface area contributed by atoms with Gasteiger partial charge < -0.3 is 4.74 Å². The maximum absolute atomic E-state index is 12.2. The zero-order valence-corrected chi connectivity index (χ0v) is 12.0. The Bertz CT molecular complexity index is 523. The summed E-state index contributed by atoms with van der Waals surface area (Å²) in [4.78, 5) is 17.9. The van der Waals surface area contributed by atoms with Crippen molar-refractivity contribution in [3.05, 3.63) is 48.0 Å². The fraction of sp³-hybridized carbons (Fsp3) is 0.375. The molecule has 0 saturated carbocycles. The van der Waals surface area contributed by atoms with E-state index in [1.165, 1.54) is 0 Å². The zero-order chi connectivity index (χ0) is 14.5. The lowest BCUT2D eigenvalue weighted by molar-refractivity contribution is 0.0324. The molecule has 0 bridgehead atoms. The molecule has 0 radical (unpaired) electrons. The first kappa shape index (κ1) is 14.3. The number of ether oxygens (including phenoxy) is 1. The van der Waals surface area contributed by atoms with Crippen LogP contribution >= 0.6 is 0 Å². The summed E-state index contributed by atoms with van der Waals surface area (Å²) in [6, 6.07) is 9.48. The molecule has 1 aromatic carbocycles. The number of unbranched alkanes of at least 4 members (excludes halogenated alkanes) is 1. The number of benzene rings is 1. The molecule has 1 aliphatic rings. The highest BCUT2D eigenvalue weighted by molar-refractivity contribution is 6.01. The number of carbonyl (C=O) groups excluding carboxylic acids is 1. The van der Waals surface area contributed by atoms with Crippen LogP contribution in [0.4, 0.5) is 4.79 Å². The molecule has 0 spiro atoms. The number of hydrogen-bond acceptors (Lipinski definition) is 2. The number of rotatable bonds is 5. The van der Waals surface area contributed by atoms with E-state index in [4.69, 9.17) is 4.74 Å². The van der Waals surface area contributed by atoms with Crippen LogP contribution in [0.3, 0.4) is 0 Å². The van der Waals surface area contributed by atoms with Crippen LogP contribution in [0.1, 0.15) is 38.5 Å². The number of nitrogens with zero attached hydrogens (tertiary/aromatic N) is 2. The summed E-state index contributed by atoms with van der Waals surface area (Å²) in [5, 5.41) is 0. The van der Waals surface area contributed by atoms with Crippen LogP contribution in [-0.4, -0.2) is 23.4 Å². The number of hydrogen-bond donors (Lipinski definition) is 0. The molecule has 1 aliphatic heterocycles. The van der Waals surface area contributed by atoms with E-state index in [9.17, 15) is 4.79 Å². The van der Waals surface area contributed by atoms with Crippen LogP contribution in [0.15, 0.2) is 47.5 Å². The fourth-order valence-electron chi connectivity index (χ4n) is 2.05. The average molecular weight is 272 g/mol. The van der Waals surface area contributed by atoms with E-state index in [1.54, 1.807) is 11.8 Å². The average Bonchev–Trinajstić information content (AvgIpc) is 2.46. The first-order valence-corrected chi connectivity index (χ1v) is 6.90. The molecule has 2 amide bonds. The van der Waals surface area contributed by atoms with Gasteiger partial charge in [0, 0.05) is 17.7 Å². The lowest BCUT2D eigenvalue weighted by atomic mass is 10.1. The van der Waals surface area contributed by atoms with Gasteiger partial charge in [-0.25, -0.2) is 4.79 Å². The van der Waals surface area contributed by atoms with Crippen molar-refractivity contribution in [2.24, 2.45) is 4.99 Å². The van der Waals surface area contributed by atoms with Crippen molar-refractivity contribution in [3.8, 4) is 0 Å². The molecule has 4 nitrogen and oxygen atoms in total. The van der Waals surface area contributed by atoms with Gasteiger partial charge in [-0.15, -0.1) is 0 Å². The monoisotopic (exact) mass is 272 g/mol. The SMILES string of the molecule is C=C(C)C1=NC(=O)N(CCCC)C(c2ccccc2)O1. The Morgan fingerprint density at radius 1 is 1.40 bits per heavy atom. The van der Waals surface area contributed by atoms with Crippen LogP contribution in [0.2, 0.25) is 0 Å². The Hall–Kier alpha value is -2.10. The number of aliphatic imine (C=N–C) groups is 1. The summed E-state index contributed by atoms with van der Waals surface area (Å²) >= 11 is 0. The third kappa shape index (κ3) is 3.07. The van der Waals surface area contributed by atoms with Gasteiger partial charge in [0.2, 0.25) is 12.1 Å². The quantitative estimate of drug-likeness (QED) is 0.815. The maximum Gasteiger partial charge on any atom is 0.350 e. The van der Waals surface area contributed by atoms with Gasteiger partial charge in [0.25, 0.3) is 0 Å². The Kier molecular flexibility index (Phi) is 4.56. The smallest absolute Gasteiger partial charge is 0.350 e. The second-order valence-corrected chi connectivity index (χ2v) is 4.91. The number of urea groups is 1. The normalized spacial score (nSPS) is 18.5. The van der Waals surface area contributed by atoms with E-state index in [2.05, 4.69) is 18.5 Å². The molecule has 4 heteroatoms. The summed E-state index contributed by atoms with van der Waals surface area (Å²) in [5.74, 6) is 0.330. The second kappa shape index (κ2) is 6.37. The fourth-order valence-corrected chi connectivity index (χ4v) is 2.05. The summed E-state index contributed by atoms with van der Waals surface area (Å²) in [7, 11) is 0. The largest absolute Gasteiger partial charge is 0.449 e. The van der Waals surface area contributed by atoms with Gasteiger partial charge >= 0.3 is 6.03 Å². The molecule has 0 aliphatic carbocycles. The highest BCUT2D eigenvalue weighted by atomic mass is 16.5. The van der Waals surface area contributed by atoms with E-state index in [0.717, 1.165) is 18.4 Å². The van der Waals surface area contributed by atoms with Crippen molar-refractivity contribution < 1.29 is 9.53 Å². The molecule has 106 valence electrons. The van der Waals surface area contributed by atoms with E-state index < -0.39 is 6.23 Å². The van der Waals surface area contributed by atoms with Crippen molar-refractivity contribution in [1.82, 2.24) is 4.90 Å². The van der Waals surface area contributed by atoms with Crippen molar-refractivity contribution in [3.63, 3.8) is 0 Å². The van der Waals surface area contributed by atoms with E-state index >= 15 is 0 Å². The van der Waals surface area contributed by atoms with E-state index in [1.807, 2.05) is 30.3 Å².